The Hall–Kier alpha value is -2.41. The van der Waals surface area contributed by atoms with Gasteiger partial charge in [-0.1, -0.05) is 44.0 Å². The Balaban J connectivity index is 1.47. The molecule has 0 spiro atoms. The van der Waals surface area contributed by atoms with Crippen molar-refractivity contribution >= 4 is 29.2 Å². The summed E-state index contributed by atoms with van der Waals surface area (Å²) in [5.74, 6) is -1.10. The Morgan fingerprint density at radius 1 is 1.21 bits per heavy atom. The molecule has 0 radical (unpaired) electrons. The van der Waals surface area contributed by atoms with Crippen LogP contribution in [0, 0.1) is 5.41 Å². The van der Waals surface area contributed by atoms with Crippen molar-refractivity contribution < 1.29 is 19.8 Å². The molecule has 182 valence electrons. The smallest absolute Gasteiger partial charge is 0.335 e. The molecule has 2 fully saturated rings. The lowest BCUT2D eigenvalue weighted by Gasteiger charge is -2.46. The summed E-state index contributed by atoms with van der Waals surface area (Å²) >= 11 is 6.35. The molecule has 2 aliphatic rings. The first kappa shape index (κ1) is 24.7. The Morgan fingerprint density at radius 3 is 2.65 bits per heavy atom. The van der Waals surface area contributed by atoms with E-state index in [0.717, 1.165) is 55.3 Å². The standard InChI is InChI=1S/C27H33ClN2O4/c1-2-12-27(13-6-14-27)24(31)20-9-4-11-22(17-20)30-25(32)23(28)18-29(30)15-5-8-19-7-3-10-21(16-19)26(33)34/h3-4,7,9-11,16-17,23-24,31H,2,5-6,8,12-15,18H2,1H3,(H,33,34). The second kappa shape index (κ2) is 10.5. The molecule has 1 aliphatic carbocycles. The zero-order chi connectivity index (χ0) is 24.3. The highest BCUT2D eigenvalue weighted by atomic mass is 35.5. The second-order valence-electron chi connectivity index (χ2n) is 9.60. The van der Waals surface area contributed by atoms with Crippen LogP contribution in [0.3, 0.4) is 0 Å². The first-order valence-corrected chi connectivity index (χ1v) is 12.6. The Morgan fingerprint density at radius 2 is 1.97 bits per heavy atom. The van der Waals surface area contributed by atoms with Gasteiger partial charge >= 0.3 is 5.97 Å². The van der Waals surface area contributed by atoms with E-state index >= 15 is 0 Å². The van der Waals surface area contributed by atoms with Crippen molar-refractivity contribution in [1.82, 2.24) is 5.01 Å². The largest absolute Gasteiger partial charge is 0.478 e. The van der Waals surface area contributed by atoms with Gasteiger partial charge in [0.2, 0.25) is 0 Å². The average molecular weight is 485 g/mol. The van der Waals surface area contributed by atoms with Gasteiger partial charge in [0, 0.05) is 18.5 Å². The van der Waals surface area contributed by atoms with E-state index in [2.05, 4.69) is 6.92 Å². The second-order valence-corrected chi connectivity index (χ2v) is 10.1. The third kappa shape index (κ3) is 4.99. The number of aryl methyl sites for hydroxylation is 1. The van der Waals surface area contributed by atoms with Crippen molar-refractivity contribution in [3.05, 3.63) is 65.2 Å². The van der Waals surface area contributed by atoms with Crippen LogP contribution in [0.25, 0.3) is 0 Å². The van der Waals surface area contributed by atoms with E-state index in [1.807, 2.05) is 35.3 Å². The summed E-state index contributed by atoms with van der Waals surface area (Å²) in [7, 11) is 0. The highest BCUT2D eigenvalue weighted by Gasteiger charge is 2.43. The van der Waals surface area contributed by atoms with Crippen molar-refractivity contribution in [2.45, 2.75) is 63.4 Å². The zero-order valence-corrected chi connectivity index (χ0v) is 20.4. The number of alkyl halides is 1. The Kier molecular flexibility index (Phi) is 7.60. The van der Waals surface area contributed by atoms with E-state index in [1.54, 1.807) is 23.2 Å². The molecule has 1 saturated heterocycles. The SMILES string of the molecule is CCCC1(C(O)c2cccc(N3C(=O)C(Cl)CN3CCCc3cccc(C(=O)O)c3)c2)CCC1. The van der Waals surface area contributed by atoms with E-state index in [1.165, 1.54) is 0 Å². The number of carbonyl (C=O) groups excluding carboxylic acids is 1. The number of hydrogen-bond acceptors (Lipinski definition) is 4. The first-order valence-electron chi connectivity index (χ1n) is 12.2. The number of nitrogens with zero attached hydrogens (tertiary/aromatic N) is 2. The molecule has 2 N–H and O–H groups in total. The van der Waals surface area contributed by atoms with E-state index in [9.17, 15) is 19.8 Å². The normalized spacial score (nSPS) is 20.9. The topological polar surface area (TPSA) is 81.1 Å². The number of rotatable bonds is 10. The van der Waals surface area contributed by atoms with Gasteiger partial charge in [-0.3, -0.25) is 4.79 Å². The minimum absolute atomic E-state index is 0.0540. The molecule has 1 amide bonds. The van der Waals surface area contributed by atoms with Crippen molar-refractivity contribution in [3.63, 3.8) is 0 Å². The quantitative estimate of drug-likeness (QED) is 0.453. The van der Waals surface area contributed by atoms with E-state index in [4.69, 9.17) is 11.6 Å². The lowest BCUT2D eigenvalue weighted by molar-refractivity contribution is -0.117. The molecular formula is C27H33ClN2O4. The Bertz CT molecular complexity index is 1040. The molecule has 1 saturated carbocycles. The van der Waals surface area contributed by atoms with Gasteiger partial charge in [-0.2, -0.15) is 0 Å². The summed E-state index contributed by atoms with van der Waals surface area (Å²) in [4.78, 5) is 24.2. The van der Waals surface area contributed by atoms with Crippen LogP contribution in [0.2, 0.25) is 0 Å². The van der Waals surface area contributed by atoms with E-state index < -0.39 is 17.5 Å². The maximum Gasteiger partial charge on any atom is 0.335 e. The lowest BCUT2D eigenvalue weighted by Crippen LogP contribution is -2.40. The van der Waals surface area contributed by atoms with Crippen LogP contribution in [-0.4, -0.2) is 45.6 Å². The van der Waals surface area contributed by atoms with Crippen molar-refractivity contribution in [2.75, 3.05) is 18.1 Å². The number of halogens is 1. The minimum Gasteiger partial charge on any atom is -0.478 e. The average Bonchev–Trinajstić information content (AvgIpc) is 3.09. The molecule has 2 atom stereocenters. The number of aliphatic hydroxyl groups is 1. The predicted molar refractivity (Wildman–Crippen MR) is 133 cm³/mol. The van der Waals surface area contributed by atoms with Crippen molar-refractivity contribution in [2.24, 2.45) is 5.41 Å². The third-order valence-corrected chi connectivity index (χ3v) is 7.62. The molecule has 0 aromatic heterocycles. The number of aromatic carboxylic acids is 1. The fourth-order valence-corrected chi connectivity index (χ4v) is 5.65. The van der Waals surface area contributed by atoms with Gasteiger partial charge in [-0.05, 0) is 67.5 Å². The fraction of sp³-hybridized carbons (Fsp3) is 0.481. The van der Waals surface area contributed by atoms with E-state index in [0.29, 0.717) is 19.5 Å². The fourth-order valence-electron chi connectivity index (χ4n) is 5.39. The minimum atomic E-state index is -0.937. The molecule has 1 aliphatic heterocycles. The number of carboxylic acids is 1. The molecule has 4 rings (SSSR count). The monoisotopic (exact) mass is 484 g/mol. The van der Waals surface area contributed by atoms with Crippen LogP contribution < -0.4 is 5.01 Å². The van der Waals surface area contributed by atoms with Gasteiger partial charge in [0.1, 0.15) is 5.38 Å². The van der Waals surface area contributed by atoms with Crippen LogP contribution in [-0.2, 0) is 11.2 Å². The van der Waals surface area contributed by atoms with Gasteiger partial charge < -0.3 is 10.2 Å². The maximum atomic E-state index is 12.9. The molecule has 0 bridgehead atoms. The van der Waals surface area contributed by atoms with Crippen LogP contribution in [0.15, 0.2) is 48.5 Å². The predicted octanol–water partition coefficient (Wildman–Crippen LogP) is 5.19. The molecule has 6 nitrogen and oxygen atoms in total. The molecule has 7 heteroatoms. The lowest BCUT2D eigenvalue weighted by atomic mass is 9.61. The van der Waals surface area contributed by atoms with Crippen LogP contribution >= 0.6 is 11.6 Å². The number of hydrazine groups is 1. The van der Waals surface area contributed by atoms with Gasteiger partial charge in [0.05, 0.1) is 17.4 Å². The number of benzene rings is 2. The summed E-state index contributed by atoms with van der Waals surface area (Å²) in [6.07, 6.45) is 6.17. The molecular weight excluding hydrogens is 452 g/mol. The molecule has 2 unspecified atom stereocenters. The van der Waals surface area contributed by atoms with Crippen LogP contribution in [0.5, 0.6) is 0 Å². The van der Waals surface area contributed by atoms with Crippen molar-refractivity contribution in [1.29, 1.82) is 0 Å². The molecule has 34 heavy (non-hydrogen) atoms. The maximum absolute atomic E-state index is 12.9. The summed E-state index contributed by atoms with van der Waals surface area (Å²) in [6, 6.07) is 14.6. The number of carbonyl (C=O) groups is 2. The van der Waals surface area contributed by atoms with Gasteiger partial charge in [-0.25, -0.2) is 14.8 Å². The van der Waals surface area contributed by atoms with Gasteiger partial charge in [0.15, 0.2) is 0 Å². The number of carboxylic acid groups (broad SMARTS) is 1. The Labute approximate surface area is 206 Å². The number of amides is 1. The summed E-state index contributed by atoms with van der Waals surface area (Å²) < 4.78 is 0. The van der Waals surface area contributed by atoms with Gasteiger partial charge in [0.25, 0.3) is 5.91 Å². The highest BCUT2D eigenvalue weighted by molar-refractivity contribution is 6.33. The summed E-state index contributed by atoms with van der Waals surface area (Å²) in [6.45, 7) is 3.18. The van der Waals surface area contributed by atoms with Gasteiger partial charge in [-0.15, -0.1) is 11.6 Å². The highest BCUT2D eigenvalue weighted by Crippen LogP contribution is 2.53. The number of hydrogen-bond donors (Lipinski definition) is 2. The third-order valence-electron chi connectivity index (χ3n) is 7.29. The number of anilines is 1. The first-order chi connectivity index (χ1) is 16.3. The molecule has 2 aromatic carbocycles. The zero-order valence-electron chi connectivity index (χ0n) is 19.6. The summed E-state index contributed by atoms with van der Waals surface area (Å²) in [5, 5.41) is 23.4. The number of aliphatic hydroxyl groups excluding tert-OH is 1. The molecule has 1 heterocycles. The van der Waals surface area contributed by atoms with Crippen molar-refractivity contribution in [3.8, 4) is 0 Å². The van der Waals surface area contributed by atoms with Crippen LogP contribution in [0.1, 0.15) is 73.0 Å². The van der Waals surface area contributed by atoms with Crippen LogP contribution in [0.4, 0.5) is 5.69 Å². The summed E-state index contributed by atoms with van der Waals surface area (Å²) in [5.41, 5.74) is 2.75. The van der Waals surface area contributed by atoms with E-state index in [-0.39, 0.29) is 16.9 Å². The molecule has 2 aromatic rings.